The van der Waals surface area contributed by atoms with Crippen molar-refractivity contribution in [3.05, 3.63) is 47.2 Å². The Kier molecular flexibility index (Phi) is 2.71. The summed E-state index contributed by atoms with van der Waals surface area (Å²) in [5, 5.41) is 2.61. The van der Waals surface area contributed by atoms with Crippen LogP contribution in [0.2, 0.25) is 0 Å². The van der Waals surface area contributed by atoms with Crippen LogP contribution in [0.3, 0.4) is 0 Å². The van der Waals surface area contributed by atoms with Gasteiger partial charge in [0.25, 0.3) is 11.8 Å². The van der Waals surface area contributed by atoms with Crippen LogP contribution >= 0.6 is 0 Å². The molecule has 1 aromatic carbocycles. The van der Waals surface area contributed by atoms with Crippen molar-refractivity contribution in [3.63, 3.8) is 0 Å². The summed E-state index contributed by atoms with van der Waals surface area (Å²) in [4.78, 5) is 37.9. The molecule has 2 aliphatic rings. The van der Waals surface area contributed by atoms with Gasteiger partial charge in [0.2, 0.25) is 5.91 Å². The molecule has 20 heavy (non-hydrogen) atoms. The van der Waals surface area contributed by atoms with Gasteiger partial charge in [0.15, 0.2) is 0 Å². The summed E-state index contributed by atoms with van der Waals surface area (Å²) in [5.41, 5.74) is 2.17. The van der Waals surface area contributed by atoms with Crippen molar-refractivity contribution in [3.8, 4) is 0 Å². The van der Waals surface area contributed by atoms with Crippen LogP contribution in [-0.2, 0) is 4.79 Å². The van der Waals surface area contributed by atoms with Crippen LogP contribution < -0.4 is 5.32 Å². The van der Waals surface area contributed by atoms with E-state index in [0.29, 0.717) is 29.7 Å². The minimum absolute atomic E-state index is 0.339. The van der Waals surface area contributed by atoms with E-state index in [1.54, 1.807) is 25.1 Å². The predicted molar refractivity (Wildman–Crippen MR) is 72.0 cm³/mol. The number of benzene rings is 1. The Labute approximate surface area is 116 Å². The fourth-order valence-corrected chi connectivity index (χ4v) is 2.76. The first-order valence-corrected chi connectivity index (χ1v) is 6.47. The number of carbonyl (C=O) groups is 3. The van der Waals surface area contributed by atoms with E-state index in [-0.39, 0.29) is 17.7 Å². The lowest BCUT2D eigenvalue weighted by atomic mass is 10.0. The summed E-state index contributed by atoms with van der Waals surface area (Å²) < 4.78 is 0. The van der Waals surface area contributed by atoms with Crippen LogP contribution in [-0.4, -0.2) is 28.7 Å². The van der Waals surface area contributed by atoms with Gasteiger partial charge in [-0.1, -0.05) is 18.7 Å². The van der Waals surface area contributed by atoms with E-state index in [4.69, 9.17) is 0 Å². The van der Waals surface area contributed by atoms with E-state index in [0.717, 1.165) is 10.5 Å². The first kappa shape index (κ1) is 12.6. The third kappa shape index (κ3) is 1.66. The van der Waals surface area contributed by atoms with E-state index >= 15 is 0 Å². The Morgan fingerprint density at radius 2 is 2.00 bits per heavy atom. The Hall–Kier alpha value is -2.43. The van der Waals surface area contributed by atoms with Crippen LogP contribution in [0.1, 0.15) is 39.1 Å². The highest BCUT2D eigenvalue weighted by Crippen LogP contribution is 2.29. The number of nitrogens with one attached hydrogen (secondary N) is 1. The normalized spacial score (nSPS) is 22.1. The van der Waals surface area contributed by atoms with Crippen molar-refractivity contribution < 1.29 is 14.4 Å². The van der Waals surface area contributed by atoms with Gasteiger partial charge in [0.05, 0.1) is 11.1 Å². The van der Waals surface area contributed by atoms with Crippen molar-refractivity contribution in [1.82, 2.24) is 10.2 Å². The zero-order chi connectivity index (χ0) is 14.4. The van der Waals surface area contributed by atoms with E-state index < -0.39 is 6.04 Å². The average Bonchev–Trinajstić information content (AvgIpc) is 2.64. The Morgan fingerprint density at radius 1 is 1.25 bits per heavy atom. The van der Waals surface area contributed by atoms with E-state index in [1.807, 2.05) is 0 Å². The highest BCUT2D eigenvalue weighted by atomic mass is 16.2. The minimum atomic E-state index is -0.743. The van der Waals surface area contributed by atoms with Crippen molar-refractivity contribution >= 4 is 17.7 Å². The van der Waals surface area contributed by atoms with Gasteiger partial charge in [-0.2, -0.15) is 0 Å². The van der Waals surface area contributed by atoms with Gasteiger partial charge in [0.1, 0.15) is 6.04 Å². The molecule has 2 aliphatic heterocycles. The summed E-state index contributed by atoms with van der Waals surface area (Å²) in [6.45, 7) is 5.48. The number of carbonyl (C=O) groups excluding carboxylic acids is 3. The molecule has 3 rings (SSSR count). The standard InChI is InChI=1S/C15H14N2O3/c1-8-4-3-5-10-12(8)15(20)17(14(10)19)11-7-6-9(2)16-13(11)18/h3-5,11H,2,6-7H2,1H3,(H,16,18). The van der Waals surface area contributed by atoms with Gasteiger partial charge in [0, 0.05) is 5.70 Å². The molecule has 5 nitrogen and oxygen atoms in total. The molecule has 1 atom stereocenters. The summed E-state index contributed by atoms with van der Waals surface area (Å²) in [5.74, 6) is -1.11. The van der Waals surface area contributed by atoms with Crippen LogP contribution in [0.25, 0.3) is 0 Å². The number of rotatable bonds is 1. The highest BCUT2D eigenvalue weighted by Gasteiger charge is 2.44. The molecule has 0 radical (unpaired) electrons. The van der Waals surface area contributed by atoms with Crippen LogP contribution in [0.5, 0.6) is 0 Å². The highest BCUT2D eigenvalue weighted by molar-refractivity contribution is 6.23. The smallest absolute Gasteiger partial charge is 0.262 e. The first-order valence-electron chi connectivity index (χ1n) is 6.47. The number of allylic oxidation sites excluding steroid dienone is 1. The van der Waals surface area contributed by atoms with Crippen molar-refractivity contribution in [2.75, 3.05) is 0 Å². The Balaban J connectivity index is 2.00. The molecule has 5 heteroatoms. The number of imide groups is 1. The Bertz CT molecular complexity index is 663. The lowest BCUT2D eigenvalue weighted by Crippen LogP contribution is -2.51. The molecule has 102 valence electrons. The predicted octanol–water partition coefficient (Wildman–Crippen LogP) is 1.38. The largest absolute Gasteiger partial charge is 0.329 e. The van der Waals surface area contributed by atoms with Gasteiger partial charge in [-0.05, 0) is 31.4 Å². The van der Waals surface area contributed by atoms with Crippen LogP contribution in [0, 0.1) is 6.92 Å². The third-order valence-electron chi connectivity index (χ3n) is 3.79. The SMILES string of the molecule is C=C1CCC(N2C(=O)c3cccc(C)c3C2=O)C(=O)N1. The molecule has 0 spiro atoms. The fraction of sp³-hybridized carbons (Fsp3) is 0.267. The molecule has 1 saturated heterocycles. The number of piperidine rings is 1. The zero-order valence-corrected chi connectivity index (χ0v) is 11.1. The molecule has 1 unspecified atom stereocenters. The molecule has 0 aliphatic carbocycles. The summed E-state index contributed by atoms with van der Waals surface area (Å²) >= 11 is 0. The minimum Gasteiger partial charge on any atom is -0.329 e. The number of nitrogens with zero attached hydrogens (tertiary/aromatic N) is 1. The zero-order valence-electron chi connectivity index (χ0n) is 11.1. The molecule has 0 bridgehead atoms. The van der Waals surface area contributed by atoms with Gasteiger partial charge in [-0.25, -0.2) is 0 Å². The average molecular weight is 270 g/mol. The maximum Gasteiger partial charge on any atom is 0.262 e. The maximum absolute atomic E-state index is 12.5. The molecular formula is C15H14N2O3. The molecule has 0 saturated carbocycles. The quantitative estimate of drug-likeness (QED) is 0.784. The van der Waals surface area contributed by atoms with Crippen molar-refractivity contribution in [2.24, 2.45) is 0 Å². The third-order valence-corrected chi connectivity index (χ3v) is 3.79. The molecule has 0 aromatic heterocycles. The second kappa shape index (κ2) is 4.30. The molecule has 3 amide bonds. The summed E-state index contributed by atoms with van der Waals surface area (Å²) in [6.07, 6.45) is 0.998. The van der Waals surface area contributed by atoms with Crippen LogP contribution in [0.15, 0.2) is 30.5 Å². The monoisotopic (exact) mass is 270 g/mol. The van der Waals surface area contributed by atoms with E-state index in [9.17, 15) is 14.4 Å². The number of hydrogen-bond donors (Lipinski definition) is 1. The second-order valence-electron chi connectivity index (χ2n) is 5.13. The van der Waals surface area contributed by atoms with Crippen molar-refractivity contribution in [1.29, 1.82) is 0 Å². The number of aryl methyl sites for hydroxylation is 1. The molecule has 2 heterocycles. The molecule has 1 N–H and O–H groups in total. The van der Waals surface area contributed by atoms with Crippen molar-refractivity contribution in [2.45, 2.75) is 25.8 Å². The molecular weight excluding hydrogens is 256 g/mol. The fourth-order valence-electron chi connectivity index (χ4n) is 2.76. The first-order chi connectivity index (χ1) is 9.50. The number of amides is 3. The summed E-state index contributed by atoms with van der Waals surface area (Å²) in [6, 6.07) is 4.41. The van der Waals surface area contributed by atoms with Crippen LogP contribution in [0.4, 0.5) is 0 Å². The number of hydrogen-bond acceptors (Lipinski definition) is 3. The maximum atomic E-state index is 12.5. The van der Waals surface area contributed by atoms with E-state index in [1.165, 1.54) is 0 Å². The Morgan fingerprint density at radius 3 is 2.65 bits per heavy atom. The van der Waals surface area contributed by atoms with Gasteiger partial charge in [-0.15, -0.1) is 0 Å². The topological polar surface area (TPSA) is 66.5 Å². The molecule has 1 aromatic rings. The molecule has 1 fully saturated rings. The summed E-state index contributed by atoms with van der Waals surface area (Å²) in [7, 11) is 0. The van der Waals surface area contributed by atoms with E-state index in [2.05, 4.69) is 11.9 Å². The van der Waals surface area contributed by atoms with Gasteiger partial charge >= 0.3 is 0 Å². The van der Waals surface area contributed by atoms with Gasteiger partial charge < -0.3 is 5.32 Å². The lowest BCUT2D eigenvalue weighted by Gasteiger charge is -2.29. The second-order valence-corrected chi connectivity index (χ2v) is 5.13. The lowest BCUT2D eigenvalue weighted by molar-refractivity contribution is -0.125. The van der Waals surface area contributed by atoms with Gasteiger partial charge in [-0.3, -0.25) is 19.3 Å². The number of fused-ring (bicyclic) bond motifs is 1.